The summed E-state index contributed by atoms with van der Waals surface area (Å²) >= 11 is 1.67. The van der Waals surface area contributed by atoms with E-state index >= 15 is 0 Å². The Balaban J connectivity index is 1.84. The van der Waals surface area contributed by atoms with Gasteiger partial charge in [-0.15, -0.1) is 11.3 Å². The average molecular weight is 226 g/mol. The summed E-state index contributed by atoms with van der Waals surface area (Å²) in [5.41, 5.74) is 0.639. The van der Waals surface area contributed by atoms with Gasteiger partial charge in [0.05, 0.1) is 16.3 Å². The SMILES string of the molecule is Cc1nc(C(C)NCC2(O)CCC2)cs1. The van der Waals surface area contributed by atoms with Gasteiger partial charge in [0, 0.05) is 18.0 Å². The lowest BCUT2D eigenvalue weighted by Crippen LogP contribution is -2.46. The minimum Gasteiger partial charge on any atom is -0.389 e. The second-order valence-corrected chi connectivity index (χ2v) is 5.53. The van der Waals surface area contributed by atoms with E-state index in [1.807, 2.05) is 6.92 Å². The molecule has 2 N–H and O–H groups in total. The van der Waals surface area contributed by atoms with Crippen molar-refractivity contribution in [1.29, 1.82) is 0 Å². The zero-order valence-corrected chi connectivity index (χ0v) is 10.1. The van der Waals surface area contributed by atoms with E-state index < -0.39 is 5.60 Å². The molecule has 0 saturated heterocycles. The molecule has 0 radical (unpaired) electrons. The van der Waals surface area contributed by atoms with Crippen molar-refractivity contribution in [3.05, 3.63) is 16.1 Å². The van der Waals surface area contributed by atoms with Gasteiger partial charge in [-0.2, -0.15) is 0 Å². The highest BCUT2D eigenvalue weighted by Gasteiger charge is 2.34. The second kappa shape index (κ2) is 4.20. The van der Waals surface area contributed by atoms with E-state index in [2.05, 4.69) is 22.6 Å². The standard InChI is InChI=1S/C11H18N2OS/c1-8(10-6-15-9(2)13-10)12-7-11(14)4-3-5-11/h6,8,12,14H,3-5,7H2,1-2H3. The van der Waals surface area contributed by atoms with E-state index in [1.54, 1.807) is 11.3 Å². The predicted molar refractivity (Wildman–Crippen MR) is 62.1 cm³/mol. The number of aryl methyl sites for hydroxylation is 1. The molecule has 1 aliphatic carbocycles. The Labute approximate surface area is 94.5 Å². The molecule has 2 rings (SSSR count). The molecule has 4 heteroatoms. The highest BCUT2D eigenvalue weighted by Crippen LogP contribution is 2.31. The number of aliphatic hydroxyl groups is 1. The van der Waals surface area contributed by atoms with Crippen molar-refractivity contribution in [2.45, 2.75) is 44.8 Å². The summed E-state index contributed by atoms with van der Waals surface area (Å²) in [5.74, 6) is 0. The Morgan fingerprint density at radius 3 is 2.87 bits per heavy atom. The summed E-state index contributed by atoms with van der Waals surface area (Å²) in [6.07, 6.45) is 3.02. The van der Waals surface area contributed by atoms with Crippen LogP contribution in [0, 0.1) is 6.92 Å². The van der Waals surface area contributed by atoms with Gasteiger partial charge < -0.3 is 10.4 Å². The van der Waals surface area contributed by atoms with Crippen LogP contribution >= 0.6 is 11.3 Å². The number of aromatic nitrogens is 1. The lowest BCUT2D eigenvalue weighted by molar-refractivity contribution is -0.0329. The largest absolute Gasteiger partial charge is 0.389 e. The van der Waals surface area contributed by atoms with Crippen LogP contribution in [0.15, 0.2) is 5.38 Å². The predicted octanol–water partition coefficient (Wildman–Crippen LogP) is 2.02. The molecule has 1 heterocycles. The van der Waals surface area contributed by atoms with Crippen LogP contribution < -0.4 is 5.32 Å². The normalized spacial score (nSPS) is 21.0. The molecule has 84 valence electrons. The number of rotatable bonds is 4. The molecule has 0 spiro atoms. The van der Waals surface area contributed by atoms with Gasteiger partial charge in [0.1, 0.15) is 0 Å². The molecular formula is C11H18N2OS. The van der Waals surface area contributed by atoms with Gasteiger partial charge in [-0.25, -0.2) is 4.98 Å². The van der Waals surface area contributed by atoms with Crippen molar-refractivity contribution >= 4 is 11.3 Å². The Kier molecular flexibility index (Phi) is 3.09. The third kappa shape index (κ3) is 2.56. The third-order valence-electron chi connectivity index (χ3n) is 3.10. The zero-order chi connectivity index (χ0) is 10.9. The van der Waals surface area contributed by atoms with Crippen LogP contribution in [0.4, 0.5) is 0 Å². The Morgan fingerprint density at radius 2 is 2.40 bits per heavy atom. The number of hydrogen-bond acceptors (Lipinski definition) is 4. The second-order valence-electron chi connectivity index (χ2n) is 4.47. The fraction of sp³-hybridized carbons (Fsp3) is 0.727. The van der Waals surface area contributed by atoms with E-state index in [9.17, 15) is 5.11 Å². The van der Waals surface area contributed by atoms with Crippen LogP contribution in [0.5, 0.6) is 0 Å². The molecule has 0 aromatic carbocycles. The molecule has 1 aromatic rings. The molecule has 1 fully saturated rings. The Bertz CT molecular complexity index is 333. The smallest absolute Gasteiger partial charge is 0.0898 e. The van der Waals surface area contributed by atoms with Gasteiger partial charge in [-0.3, -0.25) is 0 Å². The van der Waals surface area contributed by atoms with Crippen molar-refractivity contribution in [3.63, 3.8) is 0 Å². The molecule has 0 amide bonds. The van der Waals surface area contributed by atoms with Crippen LogP contribution in [-0.4, -0.2) is 22.2 Å². The monoisotopic (exact) mass is 226 g/mol. The summed E-state index contributed by atoms with van der Waals surface area (Å²) in [4.78, 5) is 4.43. The number of nitrogens with zero attached hydrogens (tertiary/aromatic N) is 1. The minimum atomic E-state index is -0.445. The number of nitrogens with one attached hydrogen (secondary N) is 1. The van der Waals surface area contributed by atoms with Gasteiger partial charge in [-0.1, -0.05) is 0 Å². The van der Waals surface area contributed by atoms with Crippen LogP contribution in [0.25, 0.3) is 0 Å². The quantitative estimate of drug-likeness (QED) is 0.825. The minimum absolute atomic E-state index is 0.236. The molecule has 1 aliphatic rings. The Morgan fingerprint density at radius 1 is 1.67 bits per heavy atom. The van der Waals surface area contributed by atoms with Crippen LogP contribution in [0.2, 0.25) is 0 Å². The molecule has 1 unspecified atom stereocenters. The summed E-state index contributed by atoms with van der Waals surface area (Å²) in [6, 6.07) is 0.236. The molecule has 1 aromatic heterocycles. The summed E-state index contributed by atoms with van der Waals surface area (Å²) in [5, 5.41) is 16.5. The maximum Gasteiger partial charge on any atom is 0.0898 e. The maximum absolute atomic E-state index is 9.93. The molecule has 1 saturated carbocycles. The first-order valence-electron chi connectivity index (χ1n) is 5.47. The van der Waals surface area contributed by atoms with E-state index in [-0.39, 0.29) is 6.04 Å². The summed E-state index contributed by atoms with van der Waals surface area (Å²) in [7, 11) is 0. The van der Waals surface area contributed by atoms with Crippen LogP contribution in [-0.2, 0) is 0 Å². The molecule has 0 bridgehead atoms. The van der Waals surface area contributed by atoms with E-state index in [0.717, 1.165) is 30.0 Å². The van der Waals surface area contributed by atoms with Crippen molar-refractivity contribution in [3.8, 4) is 0 Å². The van der Waals surface area contributed by atoms with Crippen molar-refractivity contribution < 1.29 is 5.11 Å². The van der Waals surface area contributed by atoms with Gasteiger partial charge in [0.15, 0.2) is 0 Å². The number of thiazole rings is 1. The maximum atomic E-state index is 9.93. The molecule has 3 nitrogen and oxygen atoms in total. The van der Waals surface area contributed by atoms with E-state index in [4.69, 9.17) is 0 Å². The van der Waals surface area contributed by atoms with Gasteiger partial charge in [-0.05, 0) is 33.1 Å². The summed E-state index contributed by atoms with van der Waals surface area (Å²) < 4.78 is 0. The lowest BCUT2D eigenvalue weighted by Gasteiger charge is -2.37. The average Bonchev–Trinajstić information content (AvgIpc) is 2.58. The van der Waals surface area contributed by atoms with Crippen LogP contribution in [0.3, 0.4) is 0 Å². The molecule has 1 atom stereocenters. The van der Waals surface area contributed by atoms with Crippen molar-refractivity contribution in [2.75, 3.05) is 6.54 Å². The topological polar surface area (TPSA) is 45.2 Å². The highest BCUT2D eigenvalue weighted by molar-refractivity contribution is 7.09. The van der Waals surface area contributed by atoms with Crippen molar-refractivity contribution in [1.82, 2.24) is 10.3 Å². The third-order valence-corrected chi connectivity index (χ3v) is 3.89. The number of hydrogen-bond donors (Lipinski definition) is 2. The fourth-order valence-corrected chi connectivity index (χ4v) is 2.49. The van der Waals surface area contributed by atoms with Gasteiger partial charge in [0.2, 0.25) is 0 Å². The fourth-order valence-electron chi connectivity index (χ4n) is 1.79. The first-order chi connectivity index (χ1) is 7.09. The first kappa shape index (κ1) is 11.0. The first-order valence-corrected chi connectivity index (χ1v) is 6.35. The highest BCUT2D eigenvalue weighted by atomic mass is 32.1. The van der Waals surface area contributed by atoms with Crippen molar-refractivity contribution in [2.24, 2.45) is 0 Å². The molecule has 15 heavy (non-hydrogen) atoms. The summed E-state index contributed by atoms with van der Waals surface area (Å²) in [6.45, 7) is 4.79. The Hall–Kier alpha value is -0.450. The van der Waals surface area contributed by atoms with Crippen LogP contribution in [0.1, 0.15) is 42.9 Å². The van der Waals surface area contributed by atoms with Gasteiger partial charge in [0.25, 0.3) is 0 Å². The lowest BCUT2D eigenvalue weighted by atomic mass is 9.80. The molecule has 0 aliphatic heterocycles. The van der Waals surface area contributed by atoms with E-state index in [0.29, 0.717) is 6.54 Å². The zero-order valence-electron chi connectivity index (χ0n) is 9.29. The van der Waals surface area contributed by atoms with Gasteiger partial charge >= 0.3 is 0 Å². The van der Waals surface area contributed by atoms with E-state index in [1.165, 1.54) is 0 Å². The molecular weight excluding hydrogens is 208 g/mol.